The van der Waals surface area contributed by atoms with Gasteiger partial charge < -0.3 is 4.74 Å². The topological polar surface area (TPSA) is 49.9 Å². The van der Waals surface area contributed by atoms with Gasteiger partial charge in [0.25, 0.3) is 11.8 Å². The number of amides is 2. The number of hydrogen-bond donors (Lipinski definition) is 0. The molecule has 2 amide bonds. The molecule has 7 heteroatoms. The summed E-state index contributed by atoms with van der Waals surface area (Å²) in [6.45, 7) is 0.448. The summed E-state index contributed by atoms with van der Waals surface area (Å²) in [5, 5.41) is 0.115. The molecule has 182 valence electrons. The summed E-state index contributed by atoms with van der Waals surface area (Å²) in [5.41, 5.74) is 2.98. The summed E-state index contributed by atoms with van der Waals surface area (Å²) < 4.78 is 7.06. The van der Waals surface area contributed by atoms with Crippen molar-refractivity contribution in [1.29, 1.82) is 0 Å². The summed E-state index contributed by atoms with van der Waals surface area (Å²) in [6, 6.07) is 33.6. The summed E-state index contributed by atoms with van der Waals surface area (Å²) in [5.74, 6) is -0.236. The number of anilines is 2. The molecule has 0 aliphatic carbocycles. The van der Waals surface area contributed by atoms with Crippen LogP contribution in [0.5, 0.6) is 5.75 Å². The van der Waals surface area contributed by atoms with Crippen LogP contribution in [0.1, 0.15) is 11.1 Å². The van der Waals surface area contributed by atoms with Gasteiger partial charge in [0, 0.05) is 3.57 Å². The molecule has 0 bridgehead atoms. The summed E-state index contributed by atoms with van der Waals surface area (Å²) in [6.07, 6.45) is 1.60. The van der Waals surface area contributed by atoms with E-state index in [0.29, 0.717) is 29.3 Å². The Morgan fingerprint density at radius 3 is 1.73 bits per heavy atom. The molecule has 5 nitrogen and oxygen atoms in total. The lowest BCUT2D eigenvalue weighted by Gasteiger charge is -2.36. The van der Waals surface area contributed by atoms with Gasteiger partial charge in [-0.15, -0.1) is 0 Å². The van der Waals surface area contributed by atoms with E-state index >= 15 is 0 Å². The highest BCUT2D eigenvalue weighted by atomic mass is 127. The van der Waals surface area contributed by atoms with Crippen molar-refractivity contribution in [2.24, 2.45) is 0 Å². The molecule has 1 aliphatic heterocycles. The Kier molecular flexibility index (Phi) is 7.43. The minimum absolute atomic E-state index is 0.0221. The Hall–Kier alpha value is -3.82. The van der Waals surface area contributed by atoms with Gasteiger partial charge in [0.15, 0.2) is 5.11 Å². The van der Waals surface area contributed by atoms with Crippen molar-refractivity contribution < 1.29 is 14.3 Å². The van der Waals surface area contributed by atoms with Crippen LogP contribution in [0.15, 0.2) is 115 Å². The van der Waals surface area contributed by atoms with Crippen LogP contribution in [-0.2, 0) is 16.2 Å². The fraction of sp³-hybridized carbons (Fsp3) is 0.0333. The number of thiocarbonyl (C=S) groups is 1. The zero-order valence-electron chi connectivity index (χ0n) is 19.6. The number of rotatable bonds is 6. The smallest absolute Gasteiger partial charge is 0.270 e. The van der Waals surface area contributed by atoms with Crippen molar-refractivity contribution in [3.05, 3.63) is 129 Å². The summed E-state index contributed by atoms with van der Waals surface area (Å²) in [4.78, 5) is 29.9. The van der Waals surface area contributed by atoms with Crippen molar-refractivity contribution >= 4 is 69.2 Å². The van der Waals surface area contributed by atoms with Crippen LogP contribution in [0.4, 0.5) is 11.4 Å². The normalized spacial score (nSPS) is 13.6. The van der Waals surface area contributed by atoms with Gasteiger partial charge in [0.2, 0.25) is 0 Å². The number of halogens is 1. The summed E-state index contributed by atoms with van der Waals surface area (Å²) in [7, 11) is 0. The zero-order chi connectivity index (χ0) is 25.8. The van der Waals surface area contributed by atoms with E-state index < -0.39 is 11.8 Å². The molecule has 4 aromatic carbocycles. The van der Waals surface area contributed by atoms with Crippen molar-refractivity contribution in [2.45, 2.75) is 6.61 Å². The number of hydrogen-bond acceptors (Lipinski definition) is 4. The van der Waals surface area contributed by atoms with Gasteiger partial charge in [-0.3, -0.25) is 19.4 Å². The molecule has 4 aromatic rings. The first-order valence-corrected chi connectivity index (χ1v) is 13.0. The molecule has 0 atom stereocenters. The molecule has 1 fully saturated rings. The lowest BCUT2D eigenvalue weighted by Crippen LogP contribution is -2.56. The van der Waals surface area contributed by atoms with E-state index in [1.165, 1.54) is 13.4 Å². The minimum Gasteiger partial charge on any atom is -0.489 e. The van der Waals surface area contributed by atoms with Crippen LogP contribution >= 0.6 is 34.8 Å². The molecule has 37 heavy (non-hydrogen) atoms. The standard InChI is InChI=1S/C30H21IN2O3S/c31-23-15-11-22(12-16-23)20-36-26-17-13-21(14-18-26)19-27-28(34)32(24-7-3-1-4-8-24)30(37)33(29(27)35)25-9-5-2-6-10-25/h1-19H,20H2. The number of ether oxygens (including phenoxy) is 1. The van der Waals surface area contributed by atoms with Crippen molar-refractivity contribution in [3.8, 4) is 5.75 Å². The van der Waals surface area contributed by atoms with Gasteiger partial charge in [-0.05, 0) is 101 Å². The first kappa shape index (κ1) is 24.9. The number of nitrogens with zero attached hydrogens (tertiary/aromatic N) is 2. The molecule has 0 saturated carbocycles. The van der Waals surface area contributed by atoms with Crippen LogP contribution in [-0.4, -0.2) is 16.9 Å². The minimum atomic E-state index is -0.465. The Balaban J connectivity index is 1.44. The third-order valence-electron chi connectivity index (χ3n) is 5.79. The maximum absolute atomic E-state index is 13.6. The van der Waals surface area contributed by atoms with Crippen LogP contribution in [0, 0.1) is 3.57 Å². The largest absolute Gasteiger partial charge is 0.489 e. The van der Waals surface area contributed by atoms with E-state index in [1.807, 2.05) is 84.9 Å². The average Bonchev–Trinajstić information content (AvgIpc) is 2.93. The van der Waals surface area contributed by atoms with Gasteiger partial charge >= 0.3 is 0 Å². The van der Waals surface area contributed by atoms with E-state index in [-0.39, 0.29) is 10.7 Å². The zero-order valence-corrected chi connectivity index (χ0v) is 22.6. The third kappa shape index (κ3) is 5.47. The third-order valence-corrected chi connectivity index (χ3v) is 6.87. The van der Waals surface area contributed by atoms with Gasteiger partial charge in [0.05, 0.1) is 11.4 Å². The van der Waals surface area contributed by atoms with Crippen LogP contribution in [0.3, 0.4) is 0 Å². The van der Waals surface area contributed by atoms with E-state index in [2.05, 4.69) is 22.6 Å². The molecule has 1 saturated heterocycles. The van der Waals surface area contributed by atoms with Gasteiger partial charge in [-0.25, -0.2) is 0 Å². The molecule has 0 N–H and O–H groups in total. The summed E-state index contributed by atoms with van der Waals surface area (Å²) >= 11 is 7.91. The Labute approximate surface area is 234 Å². The lowest BCUT2D eigenvalue weighted by molar-refractivity contribution is -0.120. The molecular formula is C30H21IN2O3S. The molecular weight excluding hydrogens is 595 g/mol. The predicted molar refractivity (Wildman–Crippen MR) is 158 cm³/mol. The fourth-order valence-electron chi connectivity index (χ4n) is 3.91. The van der Waals surface area contributed by atoms with Crippen LogP contribution in [0.25, 0.3) is 6.08 Å². The van der Waals surface area contributed by atoms with E-state index in [1.54, 1.807) is 30.3 Å². The molecule has 0 unspecified atom stereocenters. The second-order valence-corrected chi connectivity index (χ2v) is 9.89. The molecule has 5 rings (SSSR count). The Morgan fingerprint density at radius 1 is 0.703 bits per heavy atom. The van der Waals surface area contributed by atoms with Crippen molar-refractivity contribution in [3.63, 3.8) is 0 Å². The lowest BCUT2D eigenvalue weighted by atomic mass is 10.0. The average molecular weight is 616 g/mol. The maximum Gasteiger partial charge on any atom is 0.270 e. The number of para-hydroxylation sites is 2. The Morgan fingerprint density at radius 2 is 1.22 bits per heavy atom. The first-order chi connectivity index (χ1) is 18.0. The highest BCUT2D eigenvalue weighted by Crippen LogP contribution is 2.30. The number of benzene rings is 4. The first-order valence-electron chi connectivity index (χ1n) is 11.5. The Bertz CT molecular complexity index is 1410. The number of carbonyl (C=O) groups is 2. The highest BCUT2D eigenvalue weighted by Gasteiger charge is 2.41. The van der Waals surface area contributed by atoms with Crippen molar-refractivity contribution in [1.82, 2.24) is 0 Å². The predicted octanol–water partition coefficient (Wildman–Crippen LogP) is 6.62. The van der Waals surface area contributed by atoms with Gasteiger partial charge in [-0.2, -0.15) is 0 Å². The van der Waals surface area contributed by atoms with Gasteiger partial charge in [-0.1, -0.05) is 60.7 Å². The molecule has 1 heterocycles. The fourth-order valence-corrected chi connectivity index (χ4v) is 4.65. The van der Waals surface area contributed by atoms with E-state index in [0.717, 1.165) is 5.56 Å². The molecule has 0 spiro atoms. The second kappa shape index (κ2) is 11.1. The number of carbonyl (C=O) groups excluding carboxylic acids is 2. The van der Waals surface area contributed by atoms with Gasteiger partial charge in [0.1, 0.15) is 17.9 Å². The SMILES string of the molecule is O=C1C(=Cc2ccc(OCc3ccc(I)cc3)cc2)C(=O)N(c2ccccc2)C(=S)N1c1ccccc1. The van der Waals surface area contributed by atoms with Crippen LogP contribution < -0.4 is 14.5 Å². The van der Waals surface area contributed by atoms with E-state index in [4.69, 9.17) is 17.0 Å². The monoisotopic (exact) mass is 616 g/mol. The van der Waals surface area contributed by atoms with Crippen LogP contribution in [0.2, 0.25) is 0 Å². The van der Waals surface area contributed by atoms with E-state index in [9.17, 15) is 9.59 Å². The maximum atomic E-state index is 13.6. The molecule has 0 radical (unpaired) electrons. The molecule has 1 aliphatic rings. The van der Waals surface area contributed by atoms with Crippen molar-refractivity contribution in [2.75, 3.05) is 9.80 Å². The second-order valence-electron chi connectivity index (χ2n) is 8.28. The highest BCUT2D eigenvalue weighted by molar-refractivity contribution is 14.1. The molecule has 0 aromatic heterocycles. The quantitative estimate of drug-likeness (QED) is 0.106.